The van der Waals surface area contributed by atoms with Gasteiger partial charge in [-0.05, 0) is 26.7 Å². The van der Waals surface area contributed by atoms with E-state index < -0.39 is 9.84 Å². The number of halogens is 1. The van der Waals surface area contributed by atoms with E-state index >= 15 is 0 Å². The van der Waals surface area contributed by atoms with E-state index in [0.717, 1.165) is 36.0 Å². The van der Waals surface area contributed by atoms with Gasteiger partial charge in [0, 0.05) is 37.2 Å². The lowest BCUT2D eigenvalue weighted by Crippen LogP contribution is -2.43. The van der Waals surface area contributed by atoms with Crippen molar-refractivity contribution in [1.82, 2.24) is 15.6 Å². The quantitative estimate of drug-likeness (QED) is 0.317. The Morgan fingerprint density at radius 1 is 1.42 bits per heavy atom. The predicted octanol–water partition coefficient (Wildman–Crippen LogP) is 2.24. The summed E-state index contributed by atoms with van der Waals surface area (Å²) >= 11 is 1.69. The van der Waals surface area contributed by atoms with Crippen LogP contribution in [0.2, 0.25) is 0 Å². The van der Waals surface area contributed by atoms with E-state index in [0.29, 0.717) is 13.0 Å². The van der Waals surface area contributed by atoms with Gasteiger partial charge in [0.1, 0.15) is 9.84 Å². The van der Waals surface area contributed by atoms with E-state index in [1.165, 1.54) is 6.26 Å². The van der Waals surface area contributed by atoms with Crippen LogP contribution in [0.25, 0.3) is 0 Å². The van der Waals surface area contributed by atoms with Crippen LogP contribution >= 0.6 is 35.3 Å². The molecule has 1 atom stereocenters. The Labute approximate surface area is 166 Å². The first-order valence-electron chi connectivity index (χ1n) is 7.99. The minimum absolute atomic E-state index is 0. The van der Waals surface area contributed by atoms with Crippen LogP contribution in [-0.2, 0) is 22.7 Å². The number of thiazole rings is 1. The molecule has 24 heavy (non-hydrogen) atoms. The molecule has 140 valence electrons. The highest BCUT2D eigenvalue weighted by atomic mass is 127. The maximum Gasteiger partial charge on any atom is 0.191 e. The molecule has 0 aliphatic carbocycles. The fourth-order valence-corrected chi connectivity index (χ4v) is 3.49. The highest BCUT2D eigenvalue weighted by molar-refractivity contribution is 14.0. The molecule has 0 aromatic carbocycles. The van der Waals surface area contributed by atoms with Crippen molar-refractivity contribution in [2.75, 3.05) is 25.1 Å². The van der Waals surface area contributed by atoms with Crippen molar-refractivity contribution < 1.29 is 8.42 Å². The van der Waals surface area contributed by atoms with Crippen LogP contribution in [0.1, 0.15) is 37.9 Å². The molecule has 1 rings (SSSR count). The molecule has 0 spiro atoms. The Morgan fingerprint density at radius 2 is 2.12 bits per heavy atom. The molecule has 2 N–H and O–H groups in total. The van der Waals surface area contributed by atoms with Gasteiger partial charge in [-0.2, -0.15) is 0 Å². The molecule has 0 aliphatic heterocycles. The molecule has 1 aromatic heterocycles. The Morgan fingerprint density at radius 3 is 2.67 bits per heavy atom. The topological polar surface area (TPSA) is 83.4 Å². The van der Waals surface area contributed by atoms with E-state index in [9.17, 15) is 8.42 Å². The molecule has 1 heterocycles. The molecule has 0 amide bonds. The molecule has 6 nitrogen and oxygen atoms in total. The third-order valence-electron chi connectivity index (χ3n) is 3.19. The van der Waals surface area contributed by atoms with Crippen molar-refractivity contribution in [2.45, 2.75) is 46.1 Å². The van der Waals surface area contributed by atoms with E-state index in [1.54, 1.807) is 11.3 Å². The van der Waals surface area contributed by atoms with Crippen molar-refractivity contribution >= 4 is 51.1 Å². The molecule has 0 bridgehead atoms. The first-order valence-corrected chi connectivity index (χ1v) is 10.9. The summed E-state index contributed by atoms with van der Waals surface area (Å²) in [5, 5.41) is 9.68. The summed E-state index contributed by atoms with van der Waals surface area (Å²) in [5.41, 5.74) is 1.08. The van der Waals surface area contributed by atoms with Gasteiger partial charge in [-0.15, -0.1) is 35.3 Å². The normalized spacial score (nSPS) is 13.2. The number of nitrogens with zero attached hydrogens (tertiary/aromatic N) is 2. The molecule has 0 radical (unpaired) electrons. The Hall–Kier alpha value is -0.420. The zero-order valence-corrected chi connectivity index (χ0v) is 18.8. The number of hydrogen-bond donors (Lipinski definition) is 2. The van der Waals surface area contributed by atoms with Crippen LogP contribution < -0.4 is 10.6 Å². The van der Waals surface area contributed by atoms with Gasteiger partial charge in [-0.25, -0.2) is 13.4 Å². The van der Waals surface area contributed by atoms with Gasteiger partial charge in [-0.3, -0.25) is 4.99 Å². The lowest BCUT2D eigenvalue weighted by atomic mass is 10.3. The number of aliphatic imine (C=N–C) groups is 1. The average Bonchev–Trinajstić information content (AvgIpc) is 2.92. The molecule has 1 aromatic rings. The lowest BCUT2D eigenvalue weighted by Gasteiger charge is -2.17. The zero-order chi connectivity index (χ0) is 17.3. The smallest absolute Gasteiger partial charge is 0.191 e. The molecule has 0 saturated carbocycles. The van der Waals surface area contributed by atoms with E-state index in [-0.39, 0.29) is 35.8 Å². The number of nitrogens with one attached hydrogen (secondary N) is 2. The van der Waals surface area contributed by atoms with Gasteiger partial charge >= 0.3 is 0 Å². The molecule has 0 fully saturated rings. The summed E-state index contributed by atoms with van der Waals surface area (Å²) in [4.78, 5) is 9.07. The summed E-state index contributed by atoms with van der Waals surface area (Å²) in [6.07, 6.45) is 3.60. The van der Waals surface area contributed by atoms with Gasteiger partial charge in [0.05, 0.1) is 16.5 Å². The van der Waals surface area contributed by atoms with Crippen LogP contribution in [0.5, 0.6) is 0 Å². The summed E-state index contributed by atoms with van der Waals surface area (Å²) in [6.45, 7) is 7.49. The number of sulfone groups is 1. The summed E-state index contributed by atoms with van der Waals surface area (Å²) in [7, 11) is -2.93. The Bertz CT molecular complexity index is 602. The standard InChI is InChI=1S/C15H28N4O2S2.HI/c1-5-14-19-13(11-22-14)7-9-17-15(16-6-2)18-12(3)8-10-23(4,20)21;/h11-12H,5-10H2,1-4H3,(H2,16,17,18);1H. The molecule has 9 heteroatoms. The van der Waals surface area contributed by atoms with Gasteiger partial charge in [0.25, 0.3) is 0 Å². The number of hydrogen-bond acceptors (Lipinski definition) is 5. The molecular weight excluding hydrogens is 459 g/mol. The monoisotopic (exact) mass is 488 g/mol. The minimum atomic E-state index is -2.93. The largest absolute Gasteiger partial charge is 0.357 e. The Kier molecular flexibility index (Phi) is 11.8. The summed E-state index contributed by atoms with van der Waals surface area (Å²) in [6, 6.07) is 0.0495. The second-order valence-corrected chi connectivity index (χ2v) is 8.76. The van der Waals surface area contributed by atoms with Gasteiger partial charge < -0.3 is 10.6 Å². The van der Waals surface area contributed by atoms with Crippen LogP contribution in [0, 0.1) is 0 Å². The Balaban J connectivity index is 0.00000529. The van der Waals surface area contributed by atoms with Gasteiger partial charge in [0.15, 0.2) is 5.96 Å². The number of rotatable bonds is 9. The highest BCUT2D eigenvalue weighted by Crippen LogP contribution is 2.10. The van der Waals surface area contributed by atoms with Gasteiger partial charge in [-0.1, -0.05) is 6.92 Å². The van der Waals surface area contributed by atoms with Crippen molar-refractivity contribution in [3.8, 4) is 0 Å². The average molecular weight is 488 g/mol. The first-order chi connectivity index (χ1) is 10.8. The number of guanidine groups is 1. The van der Waals surface area contributed by atoms with Crippen molar-refractivity contribution in [1.29, 1.82) is 0 Å². The maximum absolute atomic E-state index is 11.2. The van der Waals surface area contributed by atoms with E-state index in [1.807, 2.05) is 13.8 Å². The summed E-state index contributed by atoms with van der Waals surface area (Å²) in [5.74, 6) is 0.901. The number of aryl methyl sites for hydroxylation is 1. The van der Waals surface area contributed by atoms with Gasteiger partial charge in [0.2, 0.25) is 0 Å². The fourth-order valence-electron chi connectivity index (χ4n) is 1.92. The predicted molar refractivity (Wildman–Crippen MR) is 114 cm³/mol. The molecule has 1 unspecified atom stereocenters. The van der Waals surface area contributed by atoms with Crippen LogP contribution in [0.15, 0.2) is 10.4 Å². The third kappa shape index (κ3) is 10.4. The highest BCUT2D eigenvalue weighted by Gasteiger charge is 2.09. The van der Waals surface area contributed by atoms with Crippen LogP contribution in [0.4, 0.5) is 0 Å². The van der Waals surface area contributed by atoms with Crippen molar-refractivity contribution in [3.05, 3.63) is 16.1 Å². The third-order valence-corrected chi connectivity index (χ3v) is 5.21. The summed E-state index contributed by atoms with van der Waals surface area (Å²) < 4.78 is 22.4. The van der Waals surface area contributed by atoms with E-state index in [2.05, 4.69) is 32.9 Å². The van der Waals surface area contributed by atoms with Crippen LogP contribution in [0.3, 0.4) is 0 Å². The van der Waals surface area contributed by atoms with Crippen molar-refractivity contribution in [3.63, 3.8) is 0 Å². The number of aromatic nitrogens is 1. The second-order valence-electron chi connectivity index (χ2n) is 5.56. The zero-order valence-electron chi connectivity index (χ0n) is 14.8. The SMILES string of the molecule is CCNC(=NCCc1csc(CC)n1)NC(C)CCS(C)(=O)=O.I. The van der Waals surface area contributed by atoms with Crippen LogP contribution in [-0.4, -0.2) is 50.5 Å². The van der Waals surface area contributed by atoms with Crippen molar-refractivity contribution in [2.24, 2.45) is 4.99 Å². The lowest BCUT2D eigenvalue weighted by molar-refractivity contribution is 0.581. The second kappa shape index (κ2) is 12.0. The minimum Gasteiger partial charge on any atom is -0.357 e. The first kappa shape index (κ1) is 23.6. The molecule has 0 saturated heterocycles. The molecule has 0 aliphatic rings. The molecular formula is C15H29IN4O2S2. The maximum atomic E-state index is 11.2. The fraction of sp³-hybridized carbons (Fsp3) is 0.733. The van der Waals surface area contributed by atoms with E-state index in [4.69, 9.17) is 0 Å².